The van der Waals surface area contributed by atoms with Crippen LogP contribution in [0.1, 0.15) is 35.3 Å². The zero-order valence-corrected chi connectivity index (χ0v) is 16.0. The second-order valence-corrected chi connectivity index (χ2v) is 7.28. The minimum Gasteiger partial charge on any atom is -0.486 e. The lowest BCUT2D eigenvalue weighted by Gasteiger charge is -2.28. The highest BCUT2D eigenvalue weighted by Gasteiger charge is 2.24. The molecule has 1 aliphatic heterocycles. The topological polar surface area (TPSA) is 96.9 Å². The highest BCUT2D eigenvalue weighted by atomic mass is 16.6. The molecule has 2 aromatic rings. The van der Waals surface area contributed by atoms with Gasteiger partial charge >= 0.3 is 12.0 Å². The summed E-state index contributed by atoms with van der Waals surface area (Å²) in [6, 6.07) is 11.9. The number of amides is 2. The molecule has 0 bridgehead atoms. The van der Waals surface area contributed by atoms with Crippen LogP contribution < -0.4 is 20.1 Å². The molecule has 0 aliphatic carbocycles. The lowest BCUT2D eigenvalue weighted by molar-refractivity contribution is 0.0697. The predicted molar refractivity (Wildman–Crippen MR) is 104 cm³/mol. The minimum absolute atomic E-state index is 0.217. The molecule has 148 valence electrons. The van der Waals surface area contributed by atoms with Crippen LogP contribution in [0.4, 0.5) is 4.79 Å². The fourth-order valence-electron chi connectivity index (χ4n) is 2.88. The third-order valence-corrected chi connectivity index (χ3v) is 4.67. The first kappa shape index (κ1) is 19.5. The van der Waals surface area contributed by atoms with Crippen molar-refractivity contribution >= 4 is 12.0 Å². The van der Waals surface area contributed by atoms with E-state index in [0.717, 1.165) is 22.6 Å². The van der Waals surface area contributed by atoms with Gasteiger partial charge in [-0.2, -0.15) is 0 Å². The number of hydrogen-bond acceptors (Lipinski definition) is 4. The summed E-state index contributed by atoms with van der Waals surface area (Å²) < 4.78 is 11.2. The van der Waals surface area contributed by atoms with Gasteiger partial charge in [-0.25, -0.2) is 9.59 Å². The van der Waals surface area contributed by atoms with Crippen LogP contribution in [-0.2, 0) is 12.0 Å². The summed E-state index contributed by atoms with van der Waals surface area (Å²) >= 11 is 0. The summed E-state index contributed by atoms with van der Waals surface area (Å²) in [7, 11) is 0. The molecule has 0 atom stereocenters. The molecular weight excluding hydrogens is 360 g/mol. The van der Waals surface area contributed by atoms with E-state index < -0.39 is 5.97 Å². The van der Waals surface area contributed by atoms with Crippen molar-refractivity contribution in [2.75, 3.05) is 19.8 Å². The van der Waals surface area contributed by atoms with Crippen LogP contribution in [-0.4, -0.2) is 36.9 Å². The fraction of sp³-hybridized carbons (Fsp3) is 0.333. The number of nitrogens with one attached hydrogen (secondary N) is 2. The van der Waals surface area contributed by atoms with Crippen molar-refractivity contribution in [2.24, 2.45) is 0 Å². The Morgan fingerprint density at radius 1 is 1.00 bits per heavy atom. The zero-order chi connectivity index (χ0) is 20.1. The number of carbonyl (C=O) groups excluding carboxylic acids is 1. The highest BCUT2D eigenvalue weighted by Crippen LogP contribution is 2.34. The largest absolute Gasteiger partial charge is 0.486 e. The summed E-state index contributed by atoms with van der Waals surface area (Å²) in [5, 5.41) is 14.6. The first-order valence-electron chi connectivity index (χ1n) is 9.09. The Labute approximate surface area is 163 Å². The number of fused-ring (bicyclic) bond motifs is 1. The molecule has 0 aromatic heterocycles. The average Bonchev–Trinajstić information content (AvgIpc) is 2.70. The Kier molecular flexibility index (Phi) is 5.73. The van der Waals surface area contributed by atoms with Crippen molar-refractivity contribution in [3.05, 3.63) is 59.2 Å². The summed E-state index contributed by atoms with van der Waals surface area (Å²) in [6.45, 7) is 5.93. The van der Waals surface area contributed by atoms with Gasteiger partial charge in [-0.15, -0.1) is 0 Å². The van der Waals surface area contributed by atoms with Crippen LogP contribution in [0.3, 0.4) is 0 Å². The van der Waals surface area contributed by atoms with E-state index in [-0.39, 0.29) is 17.0 Å². The maximum Gasteiger partial charge on any atom is 0.335 e. The van der Waals surface area contributed by atoms with Gasteiger partial charge in [0.05, 0.1) is 5.56 Å². The van der Waals surface area contributed by atoms with Crippen molar-refractivity contribution in [1.29, 1.82) is 0 Å². The number of ether oxygens (including phenoxy) is 2. The van der Waals surface area contributed by atoms with Crippen molar-refractivity contribution < 1.29 is 24.2 Å². The van der Waals surface area contributed by atoms with Gasteiger partial charge in [0.2, 0.25) is 0 Å². The van der Waals surface area contributed by atoms with E-state index in [4.69, 9.17) is 14.6 Å². The third kappa shape index (κ3) is 4.73. The van der Waals surface area contributed by atoms with Gasteiger partial charge in [-0.05, 0) is 35.4 Å². The third-order valence-electron chi connectivity index (χ3n) is 4.67. The van der Waals surface area contributed by atoms with Crippen LogP contribution in [0.25, 0.3) is 0 Å². The average molecular weight is 384 g/mol. The number of carbonyl (C=O) groups is 2. The lowest BCUT2D eigenvalue weighted by atomic mass is 9.84. The van der Waals surface area contributed by atoms with Gasteiger partial charge in [-0.1, -0.05) is 32.0 Å². The molecule has 0 fully saturated rings. The lowest BCUT2D eigenvalue weighted by Crippen LogP contribution is -2.42. The molecular formula is C21H24N2O5. The van der Waals surface area contributed by atoms with E-state index in [9.17, 15) is 9.59 Å². The number of hydrogen-bond donors (Lipinski definition) is 3. The fourth-order valence-corrected chi connectivity index (χ4v) is 2.88. The Morgan fingerprint density at radius 2 is 1.68 bits per heavy atom. The zero-order valence-electron chi connectivity index (χ0n) is 16.0. The number of carboxylic acids is 1. The van der Waals surface area contributed by atoms with Gasteiger partial charge < -0.3 is 25.2 Å². The number of carboxylic acid groups (broad SMARTS) is 1. The van der Waals surface area contributed by atoms with Crippen LogP contribution in [0.15, 0.2) is 42.5 Å². The molecule has 0 spiro atoms. The van der Waals surface area contributed by atoms with Crippen molar-refractivity contribution in [2.45, 2.75) is 25.8 Å². The Balaban J connectivity index is 1.52. The van der Waals surface area contributed by atoms with E-state index in [1.165, 1.54) is 12.1 Å². The van der Waals surface area contributed by atoms with E-state index in [1.54, 1.807) is 12.1 Å². The number of rotatable bonds is 6. The maximum absolute atomic E-state index is 12.1. The highest BCUT2D eigenvalue weighted by molar-refractivity contribution is 5.87. The second-order valence-electron chi connectivity index (χ2n) is 7.28. The van der Waals surface area contributed by atoms with Crippen LogP contribution >= 0.6 is 0 Å². The quantitative estimate of drug-likeness (QED) is 0.712. The van der Waals surface area contributed by atoms with Gasteiger partial charge in [-0.3, -0.25) is 0 Å². The molecule has 2 aromatic carbocycles. The Hall–Kier alpha value is -3.22. The number of urea groups is 1. The number of aromatic carboxylic acids is 1. The van der Waals surface area contributed by atoms with Crippen LogP contribution in [0.2, 0.25) is 0 Å². The Morgan fingerprint density at radius 3 is 2.36 bits per heavy atom. The van der Waals surface area contributed by atoms with E-state index in [0.29, 0.717) is 26.3 Å². The summed E-state index contributed by atoms with van der Waals surface area (Å²) in [6.07, 6.45) is 0. The molecule has 3 N–H and O–H groups in total. The van der Waals surface area contributed by atoms with Crippen molar-refractivity contribution in [3.8, 4) is 11.5 Å². The maximum atomic E-state index is 12.1. The standard InChI is InChI=1S/C21H24N2O5/c1-21(2,16-7-8-17-18(11-16)28-10-9-27-17)13-23-20(26)22-12-14-3-5-15(6-4-14)19(24)25/h3-8,11H,9-10,12-13H2,1-2H3,(H,24,25)(H2,22,23,26). The Bertz CT molecular complexity index is 862. The molecule has 7 nitrogen and oxygen atoms in total. The molecule has 1 heterocycles. The van der Waals surface area contributed by atoms with Gasteiger partial charge in [0.1, 0.15) is 13.2 Å². The molecule has 7 heteroatoms. The second kappa shape index (κ2) is 8.21. The number of benzene rings is 2. The predicted octanol–water partition coefficient (Wildman–Crippen LogP) is 2.93. The van der Waals surface area contributed by atoms with E-state index in [1.807, 2.05) is 32.0 Å². The van der Waals surface area contributed by atoms with Crippen molar-refractivity contribution in [1.82, 2.24) is 10.6 Å². The molecule has 0 saturated heterocycles. The monoisotopic (exact) mass is 384 g/mol. The molecule has 0 radical (unpaired) electrons. The van der Waals surface area contributed by atoms with Crippen molar-refractivity contribution in [3.63, 3.8) is 0 Å². The molecule has 1 aliphatic rings. The molecule has 28 heavy (non-hydrogen) atoms. The van der Waals surface area contributed by atoms with Gasteiger partial charge in [0.25, 0.3) is 0 Å². The molecule has 3 rings (SSSR count). The first-order valence-corrected chi connectivity index (χ1v) is 9.09. The van der Waals surface area contributed by atoms with Gasteiger partial charge in [0.15, 0.2) is 11.5 Å². The molecule has 2 amide bonds. The normalized spacial score (nSPS) is 12.9. The minimum atomic E-state index is -0.973. The summed E-state index contributed by atoms with van der Waals surface area (Å²) in [4.78, 5) is 23.0. The smallest absolute Gasteiger partial charge is 0.335 e. The van der Waals surface area contributed by atoms with E-state index in [2.05, 4.69) is 10.6 Å². The van der Waals surface area contributed by atoms with Gasteiger partial charge in [0, 0.05) is 18.5 Å². The SMILES string of the molecule is CC(C)(CNC(=O)NCc1ccc(C(=O)O)cc1)c1ccc2c(c1)OCCO2. The van der Waals surface area contributed by atoms with E-state index >= 15 is 0 Å². The summed E-state index contributed by atoms with van der Waals surface area (Å²) in [5.74, 6) is 0.495. The van der Waals surface area contributed by atoms with Crippen LogP contribution in [0.5, 0.6) is 11.5 Å². The molecule has 0 unspecified atom stereocenters. The molecule has 0 saturated carbocycles. The summed E-state index contributed by atoms with van der Waals surface area (Å²) in [5.41, 5.74) is 1.79. The first-order chi connectivity index (χ1) is 13.3. The van der Waals surface area contributed by atoms with Crippen LogP contribution in [0, 0.1) is 0 Å².